The number of hydrogen-bond acceptors (Lipinski definition) is 5. The van der Waals surface area contributed by atoms with Crippen LogP contribution in [-0.2, 0) is 9.53 Å². The molecule has 3 heterocycles. The van der Waals surface area contributed by atoms with Gasteiger partial charge in [0.1, 0.15) is 24.0 Å². The zero-order valence-electron chi connectivity index (χ0n) is 12.0. The number of carboxylic acids is 1. The molecule has 0 bridgehead atoms. The summed E-state index contributed by atoms with van der Waals surface area (Å²) in [7, 11) is 0. The van der Waals surface area contributed by atoms with Gasteiger partial charge in [0.25, 0.3) is 0 Å². The van der Waals surface area contributed by atoms with Gasteiger partial charge in [-0.25, -0.2) is 19.2 Å². The molecule has 9 heteroatoms. The summed E-state index contributed by atoms with van der Waals surface area (Å²) in [4.78, 5) is 18.8. The number of nitrogens with two attached hydrogens (primary N) is 1. The van der Waals surface area contributed by atoms with Gasteiger partial charge in [0, 0.05) is 17.1 Å². The van der Waals surface area contributed by atoms with Crippen molar-refractivity contribution in [3.8, 4) is 0 Å². The number of carboxylic acid groups (broad SMARTS) is 1. The summed E-state index contributed by atoms with van der Waals surface area (Å²) < 4.78 is 21.3. The molecule has 0 aromatic carbocycles. The second-order valence-corrected chi connectivity index (χ2v) is 5.30. The van der Waals surface area contributed by atoms with Gasteiger partial charge in [0.2, 0.25) is 0 Å². The van der Waals surface area contributed by atoms with Gasteiger partial charge in [-0.15, -0.1) is 0 Å². The van der Waals surface area contributed by atoms with Crippen molar-refractivity contribution in [2.75, 3.05) is 5.73 Å². The number of hydrogen-bond donors (Lipinski definition) is 2. The first-order valence-electron chi connectivity index (χ1n) is 6.78. The highest BCUT2D eigenvalue weighted by molar-refractivity contribution is 9.10. The Morgan fingerprint density at radius 2 is 2.23 bits per heavy atom. The van der Waals surface area contributed by atoms with E-state index in [1.165, 1.54) is 10.9 Å². The molecule has 1 aliphatic rings. The number of carbonyl (C=O) groups is 1. The third-order valence-corrected chi connectivity index (χ3v) is 3.80. The van der Waals surface area contributed by atoms with E-state index in [0.717, 1.165) is 0 Å². The normalized spacial score (nSPS) is 24.1. The van der Waals surface area contributed by atoms with Crippen LogP contribution in [0.1, 0.15) is 26.5 Å². The second-order valence-electron chi connectivity index (χ2n) is 4.45. The summed E-state index contributed by atoms with van der Waals surface area (Å²) in [5.41, 5.74) is 6.15. The summed E-state index contributed by atoms with van der Waals surface area (Å²) in [6.07, 6.45) is -1.01. The Balaban J connectivity index is 0.000000847. The average Bonchev–Trinajstić information content (AvgIpc) is 3.03. The first kappa shape index (κ1) is 16.6. The molecule has 3 rings (SSSR count). The molecule has 3 unspecified atom stereocenters. The summed E-state index contributed by atoms with van der Waals surface area (Å²) in [5.74, 6) is -0.927. The van der Waals surface area contributed by atoms with Crippen LogP contribution >= 0.6 is 15.9 Å². The number of alkyl halides is 1. The lowest BCUT2D eigenvalue weighted by Crippen LogP contribution is -2.20. The summed E-state index contributed by atoms with van der Waals surface area (Å²) >= 11 is 3.30. The van der Waals surface area contributed by atoms with E-state index in [2.05, 4.69) is 25.9 Å². The first-order valence-corrected chi connectivity index (χ1v) is 7.57. The molecule has 2 aromatic rings. The van der Waals surface area contributed by atoms with Crippen molar-refractivity contribution in [2.24, 2.45) is 0 Å². The monoisotopic (exact) mass is 374 g/mol. The maximum atomic E-state index is 14.0. The highest BCUT2D eigenvalue weighted by atomic mass is 79.9. The standard InChI is InChI=1S/C11H10BrFN4O3.C2H6/c12-4-2-17(9-7(4)8(14)15-3-16-9)10-5(13)1-6(20-10)11(18)19;1-2/h2-3,5-6,10H,1H2,(H,18,19)(H2,14,15,16);1-2H3. The van der Waals surface area contributed by atoms with Gasteiger partial charge in [-0.2, -0.15) is 0 Å². The minimum absolute atomic E-state index is 0.197. The van der Waals surface area contributed by atoms with Crippen LogP contribution in [0.2, 0.25) is 0 Å². The molecule has 1 fully saturated rings. The van der Waals surface area contributed by atoms with E-state index in [1.54, 1.807) is 6.20 Å². The van der Waals surface area contributed by atoms with Crippen molar-refractivity contribution in [1.82, 2.24) is 14.5 Å². The minimum Gasteiger partial charge on any atom is -0.479 e. The summed E-state index contributed by atoms with van der Waals surface area (Å²) in [5, 5.41) is 9.45. The molecule has 120 valence electrons. The Bertz CT molecular complexity index is 693. The van der Waals surface area contributed by atoms with E-state index in [0.29, 0.717) is 15.5 Å². The number of aromatic nitrogens is 3. The number of aliphatic carboxylic acids is 1. The predicted molar refractivity (Wildman–Crippen MR) is 82.0 cm³/mol. The number of halogens is 2. The number of ether oxygens (including phenoxy) is 1. The highest BCUT2D eigenvalue weighted by Gasteiger charge is 2.41. The zero-order valence-corrected chi connectivity index (χ0v) is 13.6. The van der Waals surface area contributed by atoms with Gasteiger partial charge < -0.3 is 20.1 Å². The molecule has 0 radical (unpaired) electrons. The molecular weight excluding hydrogens is 359 g/mol. The molecule has 0 saturated carbocycles. The van der Waals surface area contributed by atoms with Crippen molar-refractivity contribution in [3.63, 3.8) is 0 Å². The van der Waals surface area contributed by atoms with Crippen molar-refractivity contribution < 1.29 is 19.0 Å². The SMILES string of the molecule is CC.Nc1ncnc2c1c(Br)cn2C1OC(C(=O)O)CC1F. The molecule has 2 aromatic heterocycles. The average molecular weight is 375 g/mol. The number of rotatable bonds is 2. The van der Waals surface area contributed by atoms with Crippen LogP contribution in [0.5, 0.6) is 0 Å². The molecule has 1 aliphatic heterocycles. The smallest absolute Gasteiger partial charge is 0.333 e. The van der Waals surface area contributed by atoms with Crippen LogP contribution in [-0.4, -0.2) is 37.9 Å². The third kappa shape index (κ3) is 2.78. The van der Waals surface area contributed by atoms with Crippen LogP contribution < -0.4 is 5.73 Å². The Kier molecular flexibility index (Phi) is 4.97. The molecule has 3 atom stereocenters. The van der Waals surface area contributed by atoms with Crippen LogP contribution in [0, 0.1) is 0 Å². The van der Waals surface area contributed by atoms with E-state index in [-0.39, 0.29) is 12.2 Å². The fourth-order valence-electron chi connectivity index (χ4n) is 2.29. The first-order chi connectivity index (χ1) is 10.5. The zero-order chi connectivity index (χ0) is 16.4. The number of nitrogens with zero attached hydrogens (tertiary/aromatic N) is 3. The van der Waals surface area contributed by atoms with Crippen molar-refractivity contribution in [3.05, 3.63) is 17.0 Å². The van der Waals surface area contributed by atoms with E-state index in [9.17, 15) is 9.18 Å². The van der Waals surface area contributed by atoms with Crippen LogP contribution in [0.4, 0.5) is 10.2 Å². The largest absolute Gasteiger partial charge is 0.479 e. The van der Waals surface area contributed by atoms with Crippen LogP contribution in [0.3, 0.4) is 0 Å². The van der Waals surface area contributed by atoms with E-state index in [4.69, 9.17) is 15.6 Å². The fourth-order valence-corrected chi connectivity index (χ4v) is 2.89. The van der Waals surface area contributed by atoms with E-state index < -0.39 is 24.5 Å². The van der Waals surface area contributed by atoms with Gasteiger partial charge in [0.05, 0.1) is 5.39 Å². The third-order valence-electron chi connectivity index (χ3n) is 3.19. The van der Waals surface area contributed by atoms with E-state index >= 15 is 0 Å². The minimum atomic E-state index is -1.44. The van der Waals surface area contributed by atoms with Crippen LogP contribution in [0.25, 0.3) is 11.0 Å². The lowest BCUT2D eigenvalue weighted by Gasteiger charge is -2.15. The number of nitrogen functional groups attached to an aromatic ring is 1. The molecule has 3 N–H and O–H groups in total. The quantitative estimate of drug-likeness (QED) is 0.836. The highest BCUT2D eigenvalue weighted by Crippen LogP contribution is 2.37. The lowest BCUT2D eigenvalue weighted by atomic mass is 10.2. The van der Waals surface area contributed by atoms with Crippen molar-refractivity contribution in [2.45, 2.75) is 38.8 Å². The summed E-state index contributed by atoms with van der Waals surface area (Å²) in [6, 6.07) is 0. The maximum absolute atomic E-state index is 14.0. The Labute approximate surface area is 134 Å². The summed E-state index contributed by atoms with van der Waals surface area (Å²) in [6.45, 7) is 4.00. The van der Waals surface area contributed by atoms with Gasteiger partial charge in [-0.3, -0.25) is 0 Å². The topological polar surface area (TPSA) is 103 Å². The number of fused-ring (bicyclic) bond motifs is 1. The van der Waals surface area contributed by atoms with Gasteiger partial charge in [-0.05, 0) is 15.9 Å². The maximum Gasteiger partial charge on any atom is 0.333 e. The lowest BCUT2D eigenvalue weighted by molar-refractivity contribution is -0.151. The van der Waals surface area contributed by atoms with Crippen LogP contribution in [0.15, 0.2) is 17.0 Å². The Morgan fingerprint density at radius 3 is 2.82 bits per heavy atom. The second kappa shape index (κ2) is 6.57. The molecule has 7 nitrogen and oxygen atoms in total. The molecule has 22 heavy (non-hydrogen) atoms. The number of anilines is 1. The van der Waals surface area contributed by atoms with Crippen molar-refractivity contribution >= 4 is 38.8 Å². The molecule has 0 amide bonds. The van der Waals surface area contributed by atoms with Gasteiger partial charge in [0.15, 0.2) is 12.3 Å². The molecule has 0 aliphatic carbocycles. The molecule has 1 saturated heterocycles. The van der Waals surface area contributed by atoms with E-state index in [1.807, 2.05) is 13.8 Å². The van der Waals surface area contributed by atoms with Gasteiger partial charge in [-0.1, -0.05) is 13.8 Å². The Morgan fingerprint density at radius 1 is 1.55 bits per heavy atom. The molecular formula is C13H16BrFN4O3. The van der Waals surface area contributed by atoms with Crippen molar-refractivity contribution in [1.29, 1.82) is 0 Å². The predicted octanol–water partition coefficient (Wildman–Crippen LogP) is 2.51. The Hall–Kier alpha value is -1.74. The molecule has 0 spiro atoms. The van der Waals surface area contributed by atoms with Gasteiger partial charge >= 0.3 is 5.97 Å². The fraction of sp³-hybridized carbons (Fsp3) is 0.462.